The van der Waals surface area contributed by atoms with Crippen LogP contribution in [0.2, 0.25) is 5.02 Å². The summed E-state index contributed by atoms with van der Waals surface area (Å²) in [5.41, 5.74) is 1.22. The minimum Gasteiger partial charge on any atom is -0.478 e. The van der Waals surface area contributed by atoms with Gasteiger partial charge in [0.1, 0.15) is 5.75 Å². The highest BCUT2D eigenvalue weighted by molar-refractivity contribution is 6.30. The maximum atomic E-state index is 13.0. The van der Waals surface area contributed by atoms with Crippen LogP contribution in [0.15, 0.2) is 29.8 Å². The Morgan fingerprint density at radius 2 is 1.93 bits per heavy atom. The van der Waals surface area contributed by atoms with Crippen molar-refractivity contribution in [3.8, 4) is 5.75 Å². The van der Waals surface area contributed by atoms with E-state index in [-0.39, 0.29) is 23.4 Å². The molecule has 2 N–H and O–H groups in total. The Bertz CT molecular complexity index is 861. The van der Waals surface area contributed by atoms with Gasteiger partial charge in [-0.15, -0.1) is 0 Å². The lowest BCUT2D eigenvalue weighted by Gasteiger charge is -2.62. The van der Waals surface area contributed by atoms with E-state index in [9.17, 15) is 9.59 Å². The van der Waals surface area contributed by atoms with Gasteiger partial charge < -0.3 is 15.4 Å². The Labute approximate surface area is 170 Å². The van der Waals surface area contributed by atoms with Gasteiger partial charge in [0.05, 0.1) is 0 Å². The van der Waals surface area contributed by atoms with Crippen LogP contribution in [-0.4, -0.2) is 29.0 Å². The van der Waals surface area contributed by atoms with E-state index in [2.05, 4.69) is 16.7 Å². The molecular weight excluding hydrogens is 376 g/mol. The van der Waals surface area contributed by atoms with Gasteiger partial charge in [-0.3, -0.25) is 9.59 Å². The molecule has 2 unspecified atom stereocenters. The van der Waals surface area contributed by atoms with Crippen LogP contribution in [0.5, 0.6) is 5.75 Å². The quantitative estimate of drug-likeness (QED) is 0.740. The molecule has 5 aliphatic carbocycles. The average Bonchev–Trinajstić information content (AvgIpc) is 2.61. The number of nitrogens with one attached hydrogen (secondary N) is 2. The van der Waals surface area contributed by atoms with E-state index in [1.165, 1.54) is 5.57 Å². The van der Waals surface area contributed by atoms with Crippen molar-refractivity contribution < 1.29 is 14.3 Å². The SMILES string of the molecule is CC(=O)NC12CC=C3[C@@H](C1)C(NC(=O)C(C)(C)Oc1ccc(Cl)cc1C)[C@H]3C2. The van der Waals surface area contributed by atoms with E-state index in [1.807, 2.05) is 13.0 Å². The van der Waals surface area contributed by atoms with Crippen molar-refractivity contribution in [3.63, 3.8) is 0 Å². The van der Waals surface area contributed by atoms with Crippen molar-refractivity contribution in [1.29, 1.82) is 0 Å². The van der Waals surface area contributed by atoms with E-state index < -0.39 is 5.60 Å². The summed E-state index contributed by atoms with van der Waals surface area (Å²) in [5.74, 6) is 1.19. The second kappa shape index (κ2) is 6.51. The molecule has 0 saturated heterocycles. The molecule has 3 saturated carbocycles. The molecule has 0 heterocycles. The van der Waals surface area contributed by atoms with Crippen LogP contribution in [0.3, 0.4) is 0 Å². The zero-order valence-electron chi connectivity index (χ0n) is 16.8. The summed E-state index contributed by atoms with van der Waals surface area (Å²) in [6.07, 6.45) is 4.97. The van der Waals surface area contributed by atoms with Crippen molar-refractivity contribution in [3.05, 3.63) is 40.4 Å². The largest absolute Gasteiger partial charge is 0.478 e. The molecule has 150 valence electrons. The monoisotopic (exact) mass is 402 g/mol. The molecule has 1 aromatic carbocycles. The van der Waals surface area contributed by atoms with Crippen molar-refractivity contribution >= 4 is 23.4 Å². The fourth-order valence-corrected chi connectivity index (χ4v) is 5.38. The molecular formula is C22H27ClN2O3. The molecule has 4 bridgehead atoms. The number of rotatable bonds is 5. The third-order valence-electron chi connectivity index (χ3n) is 6.46. The first-order chi connectivity index (χ1) is 13.1. The zero-order chi connectivity index (χ0) is 20.3. The predicted octanol–water partition coefficient (Wildman–Crippen LogP) is 3.54. The summed E-state index contributed by atoms with van der Waals surface area (Å²) in [6, 6.07) is 5.51. The lowest BCUT2D eigenvalue weighted by molar-refractivity contribution is -0.138. The van der Waals surface area contributed by atoms with Gasteiger partial charge in [0.25, 0.3) is 5.91 Å². The second-order valence-corrected chi connectivity index (χ2v) is 9.45. The van der Waals surface area contributed by atoms with E-state index in [0.717, 1.165) is 24.8 Å². The van der Waals surface area contributed by atoms with E-state index >= 15 is 0 Å². The third kappa shape index (κ3) is 3.20. The number of carbonyl (C=O) groups excluding carboxylic acids is 2. The molecule has 28 heavy (non-hydrogen) atoms. The summed E-state index contributed by atoms with van der Waals surface area (Å²) in [6.45, 7) is 7.06. The Morgan fingerprint density at radius 1 is 1.25 bits per heavy atom. The lowest BCUT2D eigenvalue weighted by atomic mass is 9.48. The van der Waals surface area contributed by atoms with Crippen molar-refractivity contribution in [2.24, 2.45) is 11.8 Å². The van der Waals surface area contributed by atoms with Gasteiger partial charge in [0.15, 0.2) is 5.60 Å². The number of amides is 2. The molecule has 5 aliphatic rings. The summed E-state index contributed by atoms with van der Waals surface area (Å²) in [5, 5.41) is 7.03. The molecule has 4 atom stereocenters. The number of aryl methyl sites for hydroxylation is 1. The van der Waals surface area contributed by atoms with Gasteiger partial charge in [-0.2, -0.15) is 0 Å². The normalized spacial score (nSPS) is 30.2. The molecule has 6 heteroatoms. The van der Waals surface area contributed by atoms with Gasteiger partial charge in [-0.25, -0.2) is 0 Å². The fourth-order valence-electron chi connectivity index (χ4n) is 5.15. The number of carbonyl (C=O) groups is 2. The lowest BCUT2D eigenvalue weighted by Crippen LogP contribution is -2.70. The molecule has 5 nitrogen and oxygen atoms in total. The van der Waals surface area contributed by atoms with Crippen LogP contribution >= 0.6 is 11.6 Å². The van der Waals surface area contributed by atoms with Gasteiger partial charge in [-0.05, 0) is 63.8 Å². The van der Waals surface area contributed by atoms with Crippen LogP contribution in [0.4, 0.5) is 0 Å². The van der Waals surface area contributed by atoms with Crippen LogP contribution in [0, 0.1) is 18.8 Å². The first-order valence-corrected chi connectivity index (χ1v) is 10.2. The van der Waals surface area contributed by atoms with Crippen LogP contribution in [-0.2, 0) is 9.59 Å². The highest BCUT2D eigenvalue weighted by Gasteiger charge is 2.60. The summed E-state index contributed by atoms with van der Waals surface area (Å²) in [4.78, 5) is 24.6. The smallest absolute Gasteiger partial charge is 0.263 e. The van der Waals surface area contributed by atoms with Crippen molar-refractivity contribution in [2.75, 3.05) is 0 Å². The highest BCUT2D eigenvalue weighted by Crippen LogP contribution is 2.58. The standard InChI is InChI=1S/C22H27ClN2O3/c1-12-9-14(23)5-6-18(12)28-21(3,4)20(27)24-19-16-10-22(25-13(2)26)8-7-15(16)17(19)11-22/h5-7,9,16-17,19H,8,10-11H2,1-4H3,(H,24,27)(H,25,26)/t16-,17+,19?,22?. The zero-order valence-corrected chi connectivity index (χ0v) is 17.5. The summed E-state index contributed by atoms with van der Waals surface area (Å²) < 4.78 is 6.03. The number of halogens is 1. The number of fused-ring (bicyclic) bond motifs is 1. The number of ether oxygens (including phenoxy) is 1. The van der Waals surface area contributed by atoms with Gasteiger partial charge in [0, 0.05) is 35.4 Å². The molecule has 6 rings (SSSR count). The van der Waals surface area contributed by atoms with E-state index in [0.29, 0.717) is 22.6 Å². The minimum absolute atomic E-state index is 0.0200. The van der Waals surface area contributed by atoms with Crippen LogP contribution < -0.4 is 15.4 Å². The highest BCUT2D eigenvalue weighted by atomic mass is 35.5. The fraction of sp³-hybridized carbons (Fsp3) is 0.545. The molecule has 3 fully saturated rings. The number of hydrogen-bond acceptors (Lipinski definition) is 3. The Hall–Kier alpha value is -2.01. The second-order valence-electron chi connectivity index (χ2n) is 9.01. The topological polar surface area (TPSA) is 67.4 Å². The van der Waals surface area contributed by atoms with Crippen LogP contribution in [0.25, 0.3) is 0 Å². The Morgan fingerprint density at radius 3 is 2.54 bits per heavy atom. The first kappa shape index (κ1) is 19.3. The maximum absolute atomic E-state index is 13.0. The summed E-state index contributed by atoms with van der Waals surface area (Å²) in [7, 11) is 0. The van der Waals surface area contributed by atoms with Gasteiger partial charge >= 0.3 is 0 Å². The summed E-state index contributed by atoms with van der Waals surface area (Å²) >= 11 is 6.01. The predicted molar refractivity (Wildman–Crippen MR) is 108 cm³/mol. The molecule has 0 aliphatic heterocycles. The Balaban J connectivity index is 1.43. The number of benzene rings is 1. The van der Waals surface area contributed by atoms with Gasteiger partial charge in [-0.1, -0.05) is 23.3 Å². The molecule has 0 spiro atoms. The van der Waals surface area contributed by atoms with Crippen molar-refractivity contribution in [2.45, 2.75) is 64.1 Å². The molecule has 1 aromatic rings. The first-order valence-electron chi connectivity index (χ1n) is 9.85. The van der Waals surface area contributed by atoms with E-state index in [4.69, 9.17) is 16.3 Å². The number of hydrogen-bond donors (Lipinski definition) is 2. The minimum atomic E-state index is -0.995. The van der Waals surface area contributed by atoms with Crippen LogP contribution in [0.1, 0.15) is 45.6 Å². The molecule has 0 radical (unpaired) electrons. The van der Waals surface area contributed by atoms with Crippen molar-refractivity contribution in [1.82, 2.24) is 10.6 Å². The molecule has 0 aromatic heterocycles. The third-order valence-corrected chi connectivity index (χ3v) is 6.70. The maximum Gasteiger partial charge on any atom is 0.263 e. The van der Waals surface area contributed by atoms with Gasteiger partial charge in [0.2, 0.25) is 5.91 Å². The average molecular weight is 403 g/mol. The van der Waals surface area contributed by atoms with E-state index in [1.54, 1.807) is 32.9 Å². The Kier molecular flexibility index (Phi) is 4.49. The molecule has 2 amide bonds.